The van der Waals surface area contributed by atoms with E-state index in [9.17, 15) is 9.59 Å². The monoisotopic (exact) mass is 402 g/mol. The van der Waals surface area contributed by atoms with Crippen LogP contribution in [0.15, 0.2) is 30.3 Å². The van der Waals surface area contributed by atoms with Gasteiger partial charge in [-0.25, -0.2) is 4.79 Å². The number of nitrogens with one attached hydrogen (secondary N) is 1. The number of carbonyl (C=O) groups is 2. The van der Waals surface area contributed by atoms with Crippen LogP contribution in [0.1, 0.15) is 16.1 Å². The van der Waals surface area contributed by atoms with Crippen LogP contribution in [0.4, 0.5) is 5.69 Å². The highest BCUT2D eigenvalue weighted by molar-refractivity contribution is 6.45. The molecule has 0 aliphatic rings. The highest BCUT2D eigenvalue weighted by Crippen LogP contribution is 2.32. The van der Waals surface area contributed by atoms with E-state index in [-0.39, 0.29) is 32.5 Å². The lowest BCUT2D eigenvalue weighted by Crippen LogP contribution is -2.32. The fourth-order valence-corrected chi connectivity index (χ4v) is 2.57. The van der Waals surface area contributed by atoms with Crippen LogP contribution >= 0.6 is 34.8 Å². The molecule has 0 atom stereocenters. The summed E-state index contributed by atoms with van der Waals surface area (Å²) in [6, 6.07) is 9.42. The van der Waals surface area contributed by atoms with E-state index >= 15 is 0 Å². The zero-order valence-corrected chi connectivity index (χ0v) is 15.5. The molecule has 0 bridgehead atoms. The van der Waals surface area contributed by atoms with Gasteiger partial charge >= 0.3 is 11.7 Å². The van der Waals surface area contributed by atoms with Crippen LogP contribution in [0, 0.1) is 0 Å². The number of hydrogen-bond donors (Lipinski definition) is 1. The van der Waals surface area contributed by atoms with Crippen molar-refractivity contribution in [2.24, 2.45) is 0 Å². The number of aromatic amines is 1. The molecule has 132 valence electrons. The number of ether oxygens (including phenoxy) is 1. The van der Waals surface area contributed by atoms with Gasteiger partial charge in [0.2, 0.25) is 0 Å². The summed E-state index contributed by atoms with van der Waals surface area (Å²) in [7, 11) is 1.61. The first kappa shape index (κ1) is 19.3. The molecule has 6 nitrogen and oxygen atoms in total. The smallest absolute Gasteiger partial charge is 0.405 e. The summed E-state index contributed by atoms with van der Waals surface area (Å²) >= 11 is 17.6. The number of anilines is 1. The van der Waals surface area contributed by atoms with E-state index < -0.39 is 12.6 Å². The maximum Gasteiger partial charge on any atom is 0.405 e. The van der Waals surface area contributed by atoms with Crippen LogP contribution in [-0.2, 0) is 16.1 Å². The SMILES string of the molecule is CN(Cc1ccccc1)C(=O)COC(=O)c1[nH+]c(Cl)c(Cl)c(N)c1Cl. The van der Waals surface area contributed by atoms with E-state index in [2.05, 4.69) is 4.98 Å². The summed E-state index contributed by atoms with van der Waals surface area (Å²) in [4.78, 5) is 28.1. The van der Waals surface area contributed by atoms with Gasteiger partial charge in [-0.15, -0.1) is 0 Å². The number of H-pyrrole nitrogens is 1. The van der Waals surface area contributed by atoms with Gasteiger partial charge in [-0.2, -0.15) is 4.98 Å². The quantitative estimate of drug-likeness (QED) is 0.614. The van der Waals surface area contributed by atoms with E-state index in [1.54, 1.807) is 7.05 Å². The first-order valence-corrected chi connectivity index (χ1v) is 8.25. The average molecular weight is 404 g/mol. The summed E-state index contributed by atoms with van der Waals surface area (Å²) in [5, 5.41) is -0.172. The molecule has 0 saturated heterocycles. The molecule has 1 amide bonds. The number of benzene rings is 1. The van der Waals surface area contributed by atoms with Crippen molar-refractivity contribution in [1.82, 2.24) is 4.90 Å². The fourth-order valence-electron chi connectivity index (χ4n) is 1.96. The zero-order valence-electron chi connectivity index (χ0n) is 13.2. The zero-order chi connectivity index (χ0) is 18.6. The normalized spacial score (nSPS) is 10.4. The van der Waals surface area contributed by atoms with Gasteiger partial charge in [0.15, 0.2) is 6.61 Å². The van der Waals surface area contributed by atoms with Crippen molar-refractivity contribution in [3.05, 3.63) is 56.8 Å². The van der Waals surface area contributed by atoms with E-state index in [0.717, 1.165) is 5.56 Å². The summed E-state index contributed by atoms with van der Waals surface area (Å²) in [6.07, 6.45) is 0. The molecule has 1 aromatic heterocycles. The number of likely N-dealkylation sites (N-methyl/N-ethyl adjacent to an activating group) is 1. The molecule has 0 saturated carbocycles. The summed E-state index contributed by atoms with van der Waals surface area (Å²) in [5.74, 6) is -1.24. The highest BCUT2D eigenvalue weighted by atomic mass is 35.5. The van der Waals surface area contributed by atoms with Crippen LogP contribution < -0.4 is 10.7 Å². The second-order valence-corrected chi connectivity index (χ2v) is 6.30. The van der Waals surface area contributed by atoms with Gasteiger partial charge in [-0.3, -0.25) is 4.79 Å². The predicted molar refractivity (Wildman–Crippen MR) is 95.6 cm³/mol. The number of nitrogens with zero attached hydrogens (tertiary/aromatic N) is 1. The van der Waals surface area contributed by atoms with Gasteiger partial charge in [0.25, 0.3) is 11.1 Å². The maximum absolute atomic E-state index is 12.1. The van der Waals surface area contributed by atoms with Gasteiger partial charge in [-0.1, -0.05) is 53.5 Å². The topological polar surface area (TPSA) is 86.8 Å². The molecule has 0 aliphatic carbocycles. The molecule has 0 radical (unpaired) electrons. The van der Waals surface area contributed by atoms with Crippen LogP contribution in [0.5, 0.6) is 0 Å². The molecule has 2 aromatic rings. The number of halogens is 3. The molecular formula is C16H15Cl3N3O3+. The van der Waals surface area contributed by atoms with Gasteiger partial charge in [0, 0.05) is 13.6 Å². The van der Waals surface area contributed by atoms with Crippen molar-refractivity contribution < 1.29 is 19.3 Å². The number of aromatic nitrogens is 1. The van der Waals surface area contributed by atoms with Crippen molar-refractivity contribution in [2.75, 3.05) is 19.4 Å². The van der Waals surface area contributed by atoms with Crippen LogP contribution in [0.2, 0.25) is 15.2 Å². The number of nitrogens with two attached hydrogens (primary N) is 1. The Morgan fingerprint density at radius 1 is 1.16 bits per heavy atom. The fraction of sp³-hybridized carbons (Fsp3) is 0.188. The molecule has 0 spiro atoms. The number of esters is 1. The second-order valence-electron chi connectivity index (χ2n) is 5.17. The van der Waals surface area contributed by atoms with Gasteiger partial charge in [0.05, 0.1) is 5.69 Å². The van der Waals surface area contributed by atoms with E-state index in [1.807, 2.05) is 30.3 Å². The Hall–Kier alpha value is -2.02. The van der Waals surface area contributed by atoms with Crippen LogP contribution in [0.3, 0.4) is 0 Å². The summed E-state index contributed by atoms with van der Waals surface area (Å²) in [6.45, 7) is -0.0592. The minimum atomic E-state index is -0.864. The van der Waals surface area contributed by atoms with Gasteiger partial charge in [-0.05, 0) is 17.2 Å². The number of pyridine rings is 1. The Balaban J connectivity index is 1.99. The molecule has 0 aliphatic heterocycles. The largest absolute Gasteiger partial charge is 0.448 e. The average Bonchev–Trinajstić information content (AvgIpc) is 2.61. The third kappa shape index (κ3) is 4.75. The number of carbonyl (C=O) groups excluding carboxylic acids is 2. The molecular weight excluding hydrogens is 389 g/mol. The first-order valence-electron chi connectivity index (χ1n) is 7.11. The van der Waals surface area contributed by atoms with Crippen molar-refractivity contribution in [3.8, 4) is 0 Å². The van der Waals surface area contributed by atoms with Crippen molar-refractivity contribution in [1.29, 1.82) is 0 Å². The van der Waals surface area contributed by atoms with E-state index in [0.29, 0.717) is 6.54 Å². The van der Waals surface area contributed by atoms with Gasteiger partial charge in [0.1, 0.15) is 10.0 Å². The second kappa shape index (κ2) is 8.38. The van der Waals surface area contributed by atoms with E-state index in [4.69, 9.17) is 45.3 Å². The minimum absolute atomic E-state index is 0.00175. The molecule has 2 rings (SSSR count). The highest BCUT2D eigenvalue weighted by Gasteiger charge is 2.28. The number of rotatable bonds is 5. The Morgan fingerprint density at radius 2 is 1.80 bits per heavy atom. The first-order chi connectivity index (χ1) is 11.8. The third-order valence-electron chi connectivity index (χ3n) is 3.34. The summed E-state index contributed by atoms with van der Waals surface area (Å²) < 4.78 is 4.98. The third-order valence-corrected chi connectivity index (χ3v) is 4.50. The lowest BCUT2D eigenvalue weighted by molar-refractivity contribution is -0.380. The van der Waals surface area contributed by atoms with Crippen molar-refractivity contribution in [3.63, 3.8) is 0 Å². The molecule has 0 fully saturated rings. The Morgan fingerprint density at radius 3 is 2.44 bits per heavy atom. The standard InChI is InChI=1S/C16H14Cl3N3O3/c1-22(7-9-5-3-2-4-6-9)10(23)8-25-16(24)14-11(17)13(20)12(18)15(19)21-14/h2-6H,7-8H2,1H3,(H2,20,21)/p+1. The van der Waals surface area contributed by atoms with Crippen molar-refractivity contribution >= 4 is 52.4 Å². The molecule has 0 unspecified atom stereocenters. The maximum atomic E-state index is 12.1. The lowest BCUT2D eigenvalue weighted by atomic mass is 10.2. The number of amides is 1. The lowest BCUT2D eigenvalue weighted by Gasteiger charge is -2.17. The van der Waals surface area contributed by atoms with Crippen LogP contribution in [-0.4, -0.2) is 30.4 Å². The Labute approximate surface area is 159 Å². The molecule has 1 heterocycles. The number of nitrogen functional groups attached to an aromatic ring is 1. The molecule has 25 heavy (non-hydrogen) atoms. The molecule has 1 aromatic carbocycles. The van der Waals surface area contributed by atoms with Gasteiger partial charge < -0.3 is 15.4 Å². The summed E-state index contributed by atoms with van der Waals surface area (Å²) in [5.41, 5.74) is 6.39. The molecule has 9 heteroatoms. The predicted octanol–water partition coefficient (Wildman–Crippen LogP) is 2.86. The Kier molecular flexibility index (Phi) is 6.47. The van der Waals surface area contributed by atoms with E-state index in [1.165, 1.54) is 4.90 Å². The van der Waals surface area contributed by atoms with Crippen LogP contribution in [0.25, 0.3) is 0 Å². The minimum Gasteiger partial charge on any atom is -0.448 e. The van der Waals surface area contributed by atoms with Crippen molar-refractivity contribution in [2.45, 2.75) is 6.54 Å². The Bertz CT molecular complexity index is 800. The molecule has 3 N–H and O–H groups in total. The number of hydrogen-bond acceptors (Lipinski definition) is 4.